The minimum Gasteiger partial charge on any atom is -0.291 e. The number of carbonyl (C=O) groups excluding carboxylic acids is 1. The summed E-state index contributed by atoms with van der Waals surface area (Å²) in [6.45, 7) is 0. The van der Waals surface area contributed by atoms with E-state index in [1.165, 1.54) is 10.6 Å². The zero-order chi connectivity index (χ0) is 10.5. The van der Waals surface area contributed by atoms with Crippen LogP contribution in [0.2, 0.25) is 0 Å². The Balaban J connectivity index is 2.10. The highest BCUT2D eigenvalue weighted by atomic mass is 16.1. The zero-order valence-corrected chi connectivity index (χ0v) is 8.08. The third kappa shape index (κ3) is 2.40. The van der Waals surface area contributed by atoms with Crippen molar-refractivity contribution in [3.05, 3.63) is 60.7 Å². The molecule has 0 aliphatic carbocycles. The molecule has 0 radical (unpaired) electrons. The number of pyridine rings is 1. The first kappa shape index (κ1) is 9.40. The fourth-order valence-corrected chi connectivity index (χ4v) is 1.20. The van der Waals surface area contributed by atoms with E-state index in [-0.39, 0.29) is 5.91 Å². The summed E-state index contributed by atoms with van der Waals surface area (Å²) in [5.41, 5.74) is 0.776. The first-order valence-electron chi connectivity index (χ1n) is 4.63. The molecule has 2 aromatic rings. The number of rotatable bonds is 2. The number of hydrogen-bond acceptors (Lipinski definition) is 2. The fraction of sp³-hybridized carbons (Fsp3) is 0. The third-order valence-electron chi connectivity index (χ3n) is 1.94. The Morgan fingerprint density at radius 3 is 2.67 bits per heavy atom. The molecule has 0 aliphatic heterocycles. The maximum Gasteiger partial charge on any atom is 0.254 e. The topological polar surface area (TPSA) is 34.9 Å². The van der Waals surface area contributed by atoms with Gasteiger partial charge in [-0.25, -0.2) is 0 Å². The molecule has 0 bridgehead atoms. The largest absolute Gasteiger partial charge is 0.291 e. The Morgan fingerprint density at radius 1 is 1.20 bits per heavy atom. The molecule has 0 unspecified atom stereocenters. The minimum absolute atomic E-state index is 0.0781. The lowest BCUT2D eigenvalue weighted by Gasteiger charge is -1.94. The Hall–Kier alpha value is -2.16. The standard InChI is InChI=1S/C12H10N2O/c15-12(14-9-3-4-10-14)7-6-11-5-1-2-8-13-11/h1-10H/b7-6+. The quantitative estimate of drug-likeness (QED) is 0.693. The van der Waals surface area contributed by atoms with Gasteiger partial charge in [0.25, 0.3) is 5.91 Å². The van der Waals surface area contributed by atoms with Gasteiger partial charge in [-0.3, -0.25) is 14.3 Å². The van der Waals surface area contributed by atoms with E-state index in [9.17, 15) is 4.79 Å². The summed E-state index contributed by atoms with van der Waals surface area (Å²) in [6, 6.07) is 9.19. The van der Waals surface area contributed by atoms with Crippen molar-refractivity contribution in [2.24, 2.45) is 0 Å². The summed E-state index contributed by atoms with van der Waals surface area (Å²) >= 11 is 0. The van der Waals surface area contributed by atoms with Gasteiger partial charge in [0.15, 0.2) is 0 Å². The van der Waals surface area contributed by atoms with E-state index < -0.39 is 0 Å². The molecule has 3 heteroatoms. The maximum absolute atomic E-state index is 11.5. The average Bonchev–Trinajstić information content (AvgIpc) is 2.81. The summed E-state index contributed by atoms with van der Waals surface area (Å²) in [7, 11) is 0. The van der Waals surface area contributed by atoms with Crippen LogP contribution in [0.3, 0.4) is 0 Å². The average molecular weight is 198 g/mol. The second kappa shape index (κ2) is 4.37. The molecular weight excluding hydrogens is 188 g/mol. The first-order valence-corrected chi connectivity index (χ1v) is 4.63. The number of hydrogen-bond donors (Lipinski definition) is 0. The molecule has 0 saturated carbocycles. The van der Waals surface area contributed by atoms with E-state index in [2.05, 4.69) is 4.98 Å². The molecule has 0 fully saturated rings. The number of allylic oxidation sites excluding steroid dienone is 1. The predicted octanol–water partition coefficient (Wildman–Crippen LogP) is 2.24. The molecule has 0 amide bonds. The van der Waals surface area contributed by atoms with Crippen LogP contribution < -0.4 is 0 Å². The van der Waals surface area contributed by atoms with Crippen molar-refractivity contribution in [2.45, 2.75) is 0 Å². The fourth-order valence-electron chi connectivity index (χ4n) is 1.20. The van der Waals surface area contributed by atoms with E-state index in [0.29, 0.717) is 0 Å². The van der Waals surface area contributed by atoms with Crippen LogP contribution in [-0.4, -0.2) is 15.5 Å². The van der Waals surface area contributed by atoms with Crippen molar-refractivity contribution in [1.29, 1.82) is 0 Å². The van der Waals surface area contributed by atoms with Gasteiger partial charge in [-0.1, -0.05) is 6.07 Å². The van der Waals surface area contributed by atoms with Crippen molar-refractivity contribution in [3.8, 4) is 0 Å². The normalized spacial score (nSPS) is 10.7. The lowest BCUT2D eigenvalue weighted by Crippen LogP contribution is -2.03. The molecule has 0 spiro atoms. The minimum atomic E-state index is -0.0781. The van der Waals surface area contributed by atoms with Gasteiger partial charge in [-0.15, -0.1) is 0 Å². The maximum atomic E-state index is 11.5. The number of aromatic nitrogens is 2. The van der Waals surface area contributed by atoms with E-state index in [0.717, 1.165) is 5.69 Å². The van der Waals surface area contributed by atoms with Crippen LogP contribution in [0.5, 0.6) is 0 Å². The molecule has 0 atom stereocenters. The highest BCUT2D eigenvalue weighted by molar-refractivity contribution is 5.93. The Labute approximate surface area is 87.7 Å². The lowest BCUT2D eigenvalue weighted by molar-refractivity contribution is 0.0970. The second-order valence-electron chi connectivity index (χ2n) is 3.02. The Kier molecular flexibility index (Phi) is 2.74. The van der Waals surface area contributed by atoms with Crippen LogP contribution in [-0.2, 0) is 0 Å². The molecule has 15 heavy (non-hydrogen) atoms. The molecule has 0 aromatic carbocycles. The highest BCUT2D eigenvalue weighted by Gasteiger charge is 1.96. The smallest absolute Gasteiger partial charge is 0.254 e. The van der Waals surface area contributed by atoms with Crippen LogP contribution >= 0.6 is 0 Å². The van der Waals surface area contributed by atoms with Crippen LogP contribution in [0.4, 0.5) is 0 Å². The Morgan fingerprint density at radius 2 is 2.00 bits per heavy atom. The summed E-state index contributed by atoms with van der Waals surface area (Å²) < 4.78 is 1.51. The van der Waals surface area contributed by atoms with Crippen molar-refractivity contribution in [1.82, 2.24) is 9.55 Å². The van der Waals surface area contributed by atoms with Gasteiger partial charge < -0.3 is 0 Å². The number of nitrogens with zero attached hydrogens (tertiary/aromatic N) is 2. The molecule has 0 saturated heterocycles. The van der Waals surface area contributed by atoms with E-state index in [4.69, 9.17) is 0 Å². The summed E-state index contributed by atoms with van der Waals surface area (Å²) in [6.07, 6.45) is 8.32. The van der Waals surface area contributed by atoms with Crippen LogP contribution in [0.15, 0.2) is 55.0 Å². The van der Waals surface area contributed by atoms with Gasteiger partial charge >= 0.3 is 0 Å². The molecule has 0 aliphatic rings. The number of carbonyl (C=O) groups is 1. The van der Waals surface area contributed by atoms with Crippen molar-refractivity contribution >= 4 is 12.0 Å². The summed E-state index contributed by atoms with van der Waals surface area (Å²) in [5, 5.41) is 0. The first-order chi connectivity index (χ1) is 7.36. The summed E-state index contributed by atoms with van der Waals surface area (Å²) in [5.74, 6) is -0.0781. The van der Waals surface area contributed by atoms with E-state index >= 15 is 0 Å². The van der Waals surface area contributed by atoms with E-state index in [1.54, 1.807) is 24.7 Å². The molecule has 2 rings (SSSR count). The van der Waals surface area contributed by atoms with Crippen molar-refractivity contribution in [3.63, 3.8) is 0 Å². The SMILES string of the molecule is O=C(/C=C/c1ccccn1)n1cccc1. The van der Waals surface area contributed by atoms with Crippen LogP contribution in [0.25, 0.3) is 6.08 Å². The van der Waals surface area contributed by atoms with Crippen LogP contribution in [0.1, 0.15) is 10.5 Å². The molecule has 0 N–H and O–H groups in total. The highest BCUT2D eigenvalue weighted by Crippen LogP contribution is 1.98. The monoisotopic (exact) mass is 198 g/mol. The van der Waals surface area contributed by atoms with E-state index in [1.807, 2.05) is 30.3 Å². The predicted molar refractivity (Wildman–Crippen MR) is 58.3 cm³/mol. The Bertz CT molecular complexity index is 458. The zero-order valence-electron chi connectivity index (χ0n) is 8.08. The molecule has 3 nitrogen and oxygen atoms in total. The second-order valence-corrected chi connectivity index (χ2v) is 3.02. The van der Waals surface area contributed by atoms with Gasteiger partial charge in [-0.05, 0) is 30.3 Å². The van der Waals surface area contributed by atoms with Gasteiger partial charge in [0.1, 0.15) is 0 Å². The molecule has 74 valence electrons. The van der Waals surface area contributed by atoms with Crippen LogP contribution in [0, 0.1) is 0 Å². The lowest BCUT2D eigenvalue weighted by atomic mass is 10.3. The van der Waals surface area contributed by atoms with Gasteiger partial charge in [0.05, 0.1) is 5.69 Å². The van der Waals surface area contributed by atoms with Crippen molar-refractivity contribution in [2.75, 3.05) is 0 Å². The molecule has 2 aromatic heterocycles. The summed E-state index contributed by atoms with van der Waals surface area (Å²) in [4.78, 5) is 15.6. The van der Waals surface area contributed by atoms with Gasteiger partial charge in [0.2, 0.25) is 0 Å². The molecule has 2 heterocycles. The third-order valence-corrected chi connectivity index (χ3v) is 1.94. The van der Waals surface area contributed by atoms with Gasteiger partial charge in [0, 0.05) is 24.7 Å². The van der Waals surface area contributed by atoms with Gasteiger partial charge in [-0.2, -0.15) is 0 Å². The molecular formula is C12H10N2O. The van der Waals surface area contributed by atoms with Crippen molar-refractivity contribution < 1.29 is 4.79 Å².